The van der Waals surface area contributed by atoms with Crippen molar-refractivity contribution in [2.75, 3.05) is 5.32 Å². The monoisotopic (exact) mass is 275 g/mol. The van der Waals surface area contributed by atoms with Crippen LogP contribution in [0.5, 0.6) is 0 Å². The molecule has 3 heteroatoms. The van der Waals surface area contributed by atoms with E-state index in [1.165, 1.54) is 57.8 Å². The van der Waals surface area contributed by atoms with Crippen molar-refractivity contribution in [3.63, 3.8) is 0 Å². The topological polar surface area (TPSA) is 29.9 Å². The molecule has 112 valence electrons. The van der Waals surface area contributed by atoms with E-state index in [2.05, 4.69) is 29.9 Å². The highest BCUT2D eigenvalue weighted by molar-refractivity contribution is 5.31. The van der Waals surface area contributed by atoms with Crippen molar-refractivity contribution in [1.29, 1.82) is 0 Å². The molecule has 2 aliphatic carbocycles. The second kappa shape index (κ2) is 6.19. The molecule has 0 bridgehead atoms. The number of aromatic nitrogens is 2. The van der Waals surface area contributed by atoms with Crippen LogP contribution in [0, 0.1) is 12.8 Å². The van der Waals surface area contributed by atoms with Gasteiger partial charge in [0.2, 0.25) is 5.95 Å². The second-order valence-electron chi connectivity index (χ2n) is 6.82. The van der Waals surface area contributed by atoms with Gasteiger partial charge >= 0.3 is 0 Å². The van der Waals surface area contributed by atoms with E-state index in [0.717, 1.165) is 17.6 Å². The van der Waals surface area contributed by atoms with Crippen molar-refractivity contribution >= 4 is 5.95 Å². The summed E-state index contributed by atoms with van der Waals surface area (Å²) in [5, 5.41) is 3.70. The van der Waals surface area contributed by atoms with Crippen LogP contribution < -0.4 is 5.32 Å². The van der Waals surface area contributed by atoms with E-state index in [1.807, 2.05) is 0 Å². The van der Waals surface area contributed by atoms with Crippen molar-refractivity contribution in [1.82, 2.24) is 9.55 Å². The second-order valence-corrected chi connectivity index (χ2v) is 6.82. The molecular formula is C17H29N3. The fourth-order valence-corrected chi connectivity index (χ4v) is 3.99. The summed E-state index contributed by atoms with van der Waals surface area (Å²) in [5.41, 5.74) is 1.16. The molecule has 1 aromatic rings. The van der Waals surface area contributed by atoms with Crippen molar-refractivity contribution < 1.29 is 0 Å². The summed E-state index contributed by atoms with van der Waals surface area (Å²) in [6, 6.07) is 1.32. The molecule has 0 aromatic carbocycles. The predicted molar refractivity (Wildman–Crippen MR) is 84.1 cm³/mol. The number of anilines is 1. The van der Waals surface area contributed by atoms with Gasteiger partial charge in [-0.2, -0.15) is 0 Å². The zero-order valence-electron chi connectivity index (χ0n) is 13.1. The first-order valence-electron chi connectivity index (χ1n) is 8.58. The van der Waals surface area contributed by atoms with Crippen LogP contribution in [0.15, 0.2) is 6.20 Å². The summed E-state index contributed by atoms with van der Waals surface area (Å²) >= 11 is 0. The normalized spacial score (nSPS) is 27.9. The highest BCUT2D eigenvalue weighted by Crippen LogP contribution is 2.35. The Bertz CT molecular complexity index is 423. The average molecular weight is 275 g/mol. The van der Waals surface area contributed by atoms with Crippen molar-refractivity contribution in [2.24, 2.45) is 5.92 Å². The molecule has 2 saturated carbocycles. The van der Waals surface area contributed by atoms with E-state index >= 15 is 0 Å². The van der Waals surface area contributed by atoms with Crippen molar-refractivity contribution in [3.8, 4) is 0 Å². The Morgan fingerprint density at radius 2 is 1.85 bits per heavy atom. The first-order chi connectivity index (χ1) is 9.76. The van der Waals surface area contributed by atoms with Gasteiger partial charge in [-0.05, 0) is 51.4 Å². The molecule has 0 aliphatic heterocycles. The molecule has 1 N–H and O–H groups in total. The van der Waals surface area contributed by atoms with Crippen molar-refractivity contribution in [3.05, 3.63) is 11.9 Å². The summed E-state index contributed by atoms with van der Waals surface area (Å²) in [7, 11) is 0. The van der Waals surface area contributed by atoms with Crippen molar-refractivity contribution in [2.45, 2.75) is 83.7 Å². The molecule has 2 fully saturated rings. The molecular weight excluding hydrogens is 246 g/mol. The summed E-state index contributed by atoms with van der Waals surface area (Å²) < 4.78 is 2.44. The van der Waals surface area contributed by atoms with Gasteiger partial charge in [0.05, 0.1) is 5.69 Å². The molecule has 2 aliphatic rings. The van der Waals surface area contributed by atoms with Gasteiger partial charge in [0.25, 0.3) is 0 Å². The number of hydrogen-bond donors (Lipinski definition) is 1. The predicted octanol–water partition coefficient (Wildman–Crippen LogP) is 4.69. The van der Waals surface area contributed by atoms with E-state index in [0.29, 0.717) is 12.1 Å². The molecule has 0 spiro atoms. The minimum Gasteiger partial charge on any atom is -0.353 e. The van der Waals surface area contributed by atoms with Gasteiger partial charge in [0.15, 0.2) is 0 Å². The number of imidazole rings is 1. The fraction of sp³-hybridized carbons (Fsp3) is 0.824. The average Bonchev–Trinajstić information content (AvgIpc) is 3.09. The van der Waals surface area contributed by atoms with Crippen LogP contribution in [-0.2, 0) is 0 Å². The van der Waals surface area contributed by atoms with Gasteiger partial charge in [-0.1, -0.05) is 26.2 Å². The molecule has 3 nitrogen and oxygen atoms in total. The molecule has 0 saturated heterocycles. The number of nitrogens with zero attached hydrogens (tertiary/aromatic N) is 2. The molecule has 20 heavy (non-hydrogen) atoms. The molecule has 1 heterocycles. The van der Waals surface area contributed by atoms with Gasteiger partial charge in [0, 0.05) is 18.3 Å². The van der Waals surface area contributed by atoms with Gasteiger partial charge < -0.3 is 9.88 Å². The van der Waals surface area contributed by atoms with E-state index in [1.54, 1.807) is 0 Å². The third-order valence-corrected chi connectivity index (χ3v) is 5.33. The highest BCUT2D eigenvalue weighted by Gasteiger charge is 2.24. The maximum Gasteiger partial charge on any atom is 0.203 e. The Hall–Kier alpha value is -0.990. The SMILES string of the molecule is CCC1CCC(n2cc(C)nc2NC2CCCC2)CC1. The van der Waals surface area contributed by atoms with Crippen LogP contribution in [-0.4, -0.2) is 15.6 Å². The smallest absolute Gasteiger partial charge is 0.203 e. The van der Waals surface area contributed by atoms with E-state index in [-0.39, 0.29) is 0 Å². The lowest BCUT2D eigenvalue weighted by molar-refractivity contribution is 0.271. The minimum absolute atomic E-state index is 0.655. The molecule has 1 aromatic heterocycles. The van der Waals surface area contributed by atoms with E-state index in [9.17, 15) is 0 Å². The number of aryl methyl sites for hydroxylation is 1. The van der Waals surface area contributed by atoms with E-state index < -0.39 is 0 Å². The Morgan fingerprint density at radius 3 is 2.50 bits per heavy atom. The Balaban J connectivity index is 1.69. The number of nitrogens with one attached hydrogen (secondary N) is 1. The fourth-order valence-electron chi connectivity index (χ4n) is 3.99. The van der Waals surface area contributed by atoms with Crippen LogP contribution in [0.2, 0.25) is 0 Å². The van der Waals surface area contributed by atoms with Crippen LogP contribution >= 0.6 is 0 Å². The number of hydrogen-bond acceptors (Lipinski definition) is 2. The minimum atomic E-state index is 0.655. The molecule has 0 amide bonds. The third-order valence-electron chi connectivity index (χ3n) is 5.33. The molecule has 3 rings (SSSR count). The molecule has 0 unspecified atom stereocenters. The zero-order valence-corrected chi connectivity index (χ0v) is 13.1. The quantitative estimate of drug-likeness (QED) is 0.864. The Labute approximate surface area is 123 Å². The van der Waals surface area contributed by atoms with Gasteiger partial charge in [-0.15, -0.1) is 0 Å². The summed E-state index contributed by atoms with van der Waals surface area (Å²) in [6.45, 7) is 4.45. The van der Waals surface area contributed by atoms with Crippen LogP contribution in [0.4, 0.5) is 5.95 Å². The Kier molecular flexibility index (Phi) is 4.32. The lowest BCUT2D eigenvalue weighted by atomic mass is 9.84. The first-order valence-corrected chi connectivity index (χ1v) is 8.58. The highest BCUT2D eigenvalue weighted by atomic mass is 15.2. The van der Waals surface area contributed by atoms with Crippen LogP contribution in [0.1, 0.15) is 76.4 Å². The van der Waals surface area contributed by atoms with E-state index in [4.69, 9.17) is 4.98 Å². The maximum atomic E-state index is 4.74. The Morgan fingerprint density at radius 1 is 1.15 bits per heavy atom. The summed E-state index contributed by atoms with van der Waals surface area (Å²) in [6.07, 6.45) is 14.4. The van der Waals surface area contributed by atoms with Gasteiger partial charge in [0.1, 0.15) is 0 Å². The summed E-state index contributed by atoms with van der Waals surface area (Å²) in [5.74, 6) is 2.09. The molecule has 0 atom stereocenters. The van der Waals surface area contributed by atoms with Gasteiger partial charge in [-0.25, -0.2) is 4.98 Å². The summed E-state index contributed by atoms with van der Waals surface area (Å²) in [4.78, 5) is 4.74. The standard InChI is InChI=1S/C17H29N3/c1-3-14-8-10-16(11-9-14)20-12-13(2)18-17(20)19-15-6-4-5-7-15/h12,14-16H,3-11H2,1-2H3,(H,18,19). The third kappa shape index (κ3) is 3.02. The van der Waals surface area contributed by atoms with Gasteiger partial charge in [-0.3, -0.25) is 0 Å². The zero-order chi connectivity index (χ0) is 13.9. The van der Waals surface area contributed by atoms with Crippen LogP contribution in [0.3, 0.4) is 0 Å². The lowest BCUT2D eigenvalue weighted by Crippen LogP contribution is -2.22. The van der Waals surface area contributed by atoms with Crippen LogP contribution in [0.25, 0.3) is 0 Å². The first kappa shape index (κ1) is 14.0. The number of rotatable bonds is 4. The largest absolute Gasteiger partial charge is 0.353 e. The lowest BCUT2D eigenvalue weighted by Gasteiger charge is -2.30. The molecule has 0 radical (unpaired) electrons. The maximum absolute atomic E-state index is 4.74.